The summed E-state index contributed by atoms with van der Waals surface area (Å²) in [5, 5.41) is 25.2. The summed E-state index contributed by atoms with van der Waals surface area (Å²) in [4.78, 5) is 0. The Morgan fingerprint density at radius 2 is 1.86 bits per heavy atom. The molecule has 0 aliphatic carbocycles. The van der Waals surface area contributed by atoms with Crippen molar-refractivity contribution in [3.63, 3.8) is 0 Å². The van der Waals surface area contributed by atoms with Gasteiger partial charge in [0, 0.05) is 21.2 Å². The number of halogens is 2. The first-order chi connectivity index (χ1) is 17.5. The third-order valence-corrected chi connectivity index (χ3v) is 5.91. The second-order valence-electron chi connectivity index (χ2n) is 7.54. The maximum Gasteiger partial charge on any atom is 0.168 e. The van der Waals surface area contributed by atoms with Gasteiger partial charge in [-0.15, -0.1) is 0 Å². The summed E-state index contributed by atoms with van der Waals surface area (Å²) in [7, 11) is 1.52. The van der Waals surface area contributed by atoms with E-state index in [2.05, 4.69) is 17.2 Å². The number of nitrogen functional groups attached to an aromatic ring is 1. The number of nitriles is 2. The monoisotopic (exact) mass is 515 g/mol. The predicted octanol–water partition coefficient (Wildman–Crippen LogP) is 6.28. The Labute approximate surface area is 218 Å². The normalized spacial score (nSPS) is 11.0. The van der Waals surface area contributed by atoms with E-state index in [1.54, 1.807) is 54.6 Å². The van der Waals surface area contributed by atoms with E-state index in [1.165, 1.54) is 11.8 Å². The fourth-order valence-corrected chi connectivity index (χ4v) is 4.02. The Morgan fingerprint density at radius 3 is 2.53 bits per heavy atom. The highest BCUT2D eigenvalue weighted by atomic mass is 35.5. The van der Waals surface area contributed by atoms with Crippen molar-refractivity contribution < 1.29 is 9.47 Å². The maximum absolute atomic E-state index is 10.00. The highest BCUT2D eigenvalue weighted by Gasteiger charge is 2.21. The minimum atomic E-state index is 0.102. The van der Waals surface area contributed by atoms with Crippen molar-refractivity contribution in [2.75, 3.05) is 12.8 Å². The van der Waals surface area contributed by atoms with Crippen molar-refractivity contribution in [1.82, 2.24) is 9.78 Å². The second kappa shape index (κ2) is 10.9. The van der Waals surface area contributed by atoms with Gasteiger partial charge >= 0.3 is 0 Å². The zero-order valence-corrected chi connectivity index (χ0v) is 20.6. The summed E-state index contributed by atoms with van der Waals surface area (Å²) < 4.78 is 13.0. The lowest BCUT2D eigenvalue weighted by Crippen LogP contribution is -2.02. The third-order valence-electron chi connectivity index (χ3n) is 5.33. The van der Waals surface area contributed by atoms with E-state index >= 15 is 0 Å². The largest absolute Gasteiger partial charge is 0.493 e. The molecule has 7 nitrogen and oxygen atoms in total. The number of benzene rings is 3. The van der Waals surface area contributed by atoms with Gasteiger partial charge in [0.15, 0.2) is 11.5 Å². The number of allylic oxidation sites excluding steroid dienone is 1. The lowest BCUT2D eigenvalue weighted by Gasteiger charge is -2.14. The fraction of sp³-hybridized carbons (Fsp3) is 0.0741. The summed E-state index contributed by atoms with van der Waals surface area (Å²) in [5.41, 5.74) is 8.56. The van der Waals surface area contributed by atoms with E-state index in [1.807, 2.05) is 18.2 Å². The maximum atomic E-state index is 10.00. The van der Waals surface area contributed by atoms with Crippen molar-refractivity contribution in [2.45, 2.75) is 6.61 Å². The molecule has 0 spiro atoms. The van der Waals surface area contributed by atoms with Crippen molar-refractivity contribution >= 4 is 40.7 Å². The van der Waals surface area contributed by atoms with Crippen LogP contribution in [-0.2, 0) is 6.61 Å². The van der Waals surface area contributed by atoms with E-state index in [0.717, 1.165) is 5.56 Å². The molecule has 0 amide bonds. The molecule has 0 bridgehead atoms. The van der Waals surface area contributed by atoms with Gasteiger partial charge in [0.1, 0.15) is 35.8 Å². The minimum Gasteiger partial charge on any atom is -0.493 e. The molecule has 1 aromatic heterocycles. The highest BCUT2D eigenvalue weighted by Crippen LogP contribution is 2.36. The summed E-state index contributed by atoms with van der Waals surface area (Å²) in [6.45, 7) is 0.137. The summed E-state index contributed by atoms with van der Waals surface area (Å²) in [6, 6.07) is 23.7. The smallest absolute Gasteiger partial charge is 0.168 e. The van der Waals surface area contributed by atoms with Crippen LogP contribution >= 0.6 is 23.2 Å². The lowest BCUT2D eigenvalue weighted by atomic mass is 10.0. The number of hydrogen-bond donors (Lipinski definition) is 1. The van der Waals surface area contributed by atoms with Gasteiger partial charge in [0.05, 0.1) is 18.4 Å². The van der Waals surface area contributed by atoms with Crippen LogP contribution in [0.2, 0.25) is 10.0 Å². The molecule has 0 unspecified atom stereocenters. The fourth-order valence-electron chi connectivity index (χ4n) is 3.56. The van der Waals surface area contributed by atoms with Gasteiger partial charge in [-0.05, 0) is 36.4 Å². The minimum absolute atomic E-state index is 0.102. The van der Waals surface area contributed by atoms with Crippen molar-refractivity contribution in [3.8, 4) is 29.3 Å². The van der Waals surface area contributed by atoms with E-state index in [9.17, 15) is 10.5 Å². The second-order valence-corrected chi connectivity index (χ2v) is 8.38. The average Bonchev–Trinajstić information content (AvgIpc) is 3.23. The first kappa shape index (κ1) is 24.7. The Hall–Kier alpha value is -4.43. The molecular weight excluding hydrogens is 497 g/mol. The number of nitrogens with zero attached hydrogens (tertiary/aromatic N) is 4. The number of methoxy groups -OCH3 is 1. The molecule has 9 heteroatoms. The molecule has 0 saturated carbocycles. The van der Waals surface area contributed by atoms with Gasteiger partial charge in [-0.1, -0.05) is 59.6 Å². The third kappa shape index (κ3) is 4.99. The molecule has 4 aromatic rings. The summed E-state index contributed by atoms with van der Waals surface area (Å²) >= 11 is 12.3. The Morgan fingerprint density at radius 1 is 1.08 bits per heavy atom. The quantitative estimate of drug-likeness (QED) is 0.289. The number of hydrogen-bond acceptors (Lipinski definition) is 6. The Bertz CT molecular complexity index is 1530. The number of nitrogens with two attached hydrogens (primary N) is 1. The van der Waals surface area contributed by atoms with Crippen LogP contribution in [0.25, 0.3) is 17.3 Å². The lowest BCUT2D eigenvalue weighted by molar-refractivity contribution is 0.284. The van der Waals surface area contributed by atoms with E-state index in [-0.39, 0.29) is 29.3 Å². The number of para-hydroxylation sites is 2. The number of anilines is 1. The zero-order chi connectivity index (χ0) is 25.7. The van der Waals surface area contributed by atoms with E-state index < -0.39 is 0 Å². The number of rotatable bonds is 7. The van der Waals surface area contributed by atoms with Gasteiger partial charge in [0.2, 0.25) is 0 Å². The molecule has 0 atom stereocenters. The first-order valence-electron chi connectivity index (χ1n) is 10.7. The van der Waals surface area contributed by atoms with E-state index in [0.29, 0.717) is 32.8 Å². The molecule has 3 aromatic carbocycles. The molecule has 0 radical (unpaired) electrons. The van der Waals surface area contributed by atoms with Crippen LogP contribution in [0, 0.1) is 22.7 Å². The van der Waals surface area contributed by atoms with Gasteiger partial charge in [-0.3, -0.25) is 0 Å². The molecular formula is C27H19Cl2N5O2. The van der Waals surface area contributed by atoms with Crippen molar-refractivity contribution in [1.29, 1.82) is 10.5 Å². The van der Waals surface area contributed by atoms with Crippen LogP contribution in [0.4, 0.5) is 5.82 Å². The van der Waals surface area contributed by atoms with Crippen molar-refractivity contribution in [3.05, 3.63) is 99.2 Å². The predicted molar refractivity (Wildman–Crippen MR) is 140 cm³/mol. The molecule has 2 N–H and O–H groups in total. The topological polar surface area (TPSA) is 110 Å². The average molecular weight is 516 g/mol. The molecule has 36 heavy (non-hydrogen) atoms. The molecule has 178 valence electrons. The molecule has 4 rings (SSSR count). The highest BCUT2D eigenvalue weighted by molar-refractivity contribution is 6.35. The Kier molecular flexibility index (Phi) is 7.46. The van der Waals surface area contributed by atoms with Gasteiger partial charge in [-0.25, -0.2) is 4.68 Å². The van der Waals surface area contributed by atoms with Crippen LogP contribution in [-0.4, -0.2) is 16.9 Å². The standard InChI is InChI=1S/C27H19Cl2N5O2/c1-35-24-9-5-6-17(26(24)36-16-18-10-11-20(28)13-23(18)29)12-19(14-30)25-22(15-31)27(32)34(33-25)21-7-3-2-4-8-21/h2-13H,16,32H2,1H3/b19-12-. The van der Waals surface area contributed by atoms with Crippen LogP contribution in [0.15, 0.2) is 66.7 Å². The molecule has 0 saturated heterocycles. The molecule has 0 fully saturated rings. The SMILES string of the molecule is COc1cccc(/C=C(/C#N)c2nn(-c3ccccc3)c(N)c2C#N)c1OCc1ccc(Cl)cc1Cl. The van der Waals surface area contributed by atoms with Crippen LogP contribution < -0.4 is 15.2 Å². The van der Waals surface area contributed by atoms with Gasteiger partial charge < -0.3 is 15.2 Å². The first-order valence-corrected chi connectivity index (χ1v) is 11.4. The molecule has 0 aliphatic heterocycles. The summed E-state index contributed by atoms with van der Waals surface area (Å²) in [6.07, 6.45) is 1.58. The Balaban J connectivity index is 1.77. The molecule has 1 heterocycles. The van der Waals surface area contributed by atoms with Crippen LogP contribution in [0.1, 0.15) is 22.4 Å². The van der Waals surface area contributed by atoms with E-state index in [4.69, 9.17) is 38.4 Å². The van der Waals surface area contributed by atoms with Gasteiger partial charge in [0.25, 0.3) is 0 Å². The zero-order valence-electron chi connectivity index (χ0n) is 19.1. The van der Waals surface area contributed by atoms with Crippen LogP contribution in [0.3, 0.4) is 0 Å². The van der Waals surface area contributed by atoms with Crippen LogP contribution in [0.5, 0.6) is 11.5 Å². The summed E-state index contributed by atoms with van der Waals surface area (Å²) in [5.74, 6) is 0.994. The molecule has 0 aliphatic rings. The number of ether oxygens (including phenoxy) is 2. The number of aromatic nitrogens is 2. The van der Waals surface area contributed by atoms with Gasteiger partial charge in [-0.2, -0.15) is 15.6 Å². The van der Waals surface area contributed by atoms with Crippen molar-refractivity contribution in [2.24, 2.45) is 0 Å².